The van der Waals surface area contributed by atoms with Crippen LogP contribution in [0.25, 0.3) is 21.6 Å². The van der Waals surface area contributed by atoms with E-state index in [2.05, 4.69) is 41.0 Å². The SMILES string of the molecule is Cc1cc2c(N3CCN(c4cccc(Cl)c4)CC3)nc(-c3ccccc3)nc2s1. The van der Waals surface area contributed by atoms with Crippen molar-refractivity contribution in [1.82, 2.24) is 9.97 Å². The molecule has 0 bridgehead atoms. The van der Waals surface area contributed by atoms with Gasteiger partial charge in [-0.25, -0.2) is 9.97 Å². The summed E-state index contributed by atoms with van der Waals surface area (Å²) >= 11 is 7.91. The first-order valence-corrected chi connectivity index (χ1v) is 11.0. The third-order valence-corrected chi connectivity index (χ3v) is 6.46. The number of piperazine rings is 1. The van der Waals surface area contributed by atoms with Gasteiger partial charge in [0.05, 0.1) is 5.39 Å². The number of anilines is 2. The van der Waals surface area contributed by atoms with Gasteiger partial charge in [-0.05, 0) is 31.2 Å². The Hall–Kier alpha value is -2.63. The predicted octanol–water partition coefficient (Wildman–Crippen LogP) is 5.65. The second kappa shape index (κ2) is 7.65. The number of hydrogen-bond donors (Lipinski definition) is 0. The van der Waals surface area contributed by atoms with Crippen molar-refractivity contribution in [2.45, 2.75) is 6.92 Å². The first-order valence-electron chi connectivity index (χ1n) is 9.76. The van der Waals surface area contributed by atoms with Gasteiger partial charge in [-0.15, -0.1) is 11.3 Å². The van der Waals surface area contributed by atoms with Crippen LogP contribution >= 0.6 is 22.9 Å². The Balaban J connectivity index is 1.47. The lowest BCUT2D eigenvalue weighted by Crippen LogP contribution is -2.47. The lowest BCUT2D eigenvalue weighted by atomic mass is 10.2. The van der Waals surface area contributed by atoms with Gasteiger partial charge in [-0.3, -0.25) is 0 Å². The second-order valence-corrected chi connectivity index (χ2v) is 8.94. The normalized spacial score (nSPS) is 14.6. The van der Waals surface area contributed by atoms with Crippen molar-refractivity contribution in [3.63, 3.8) is 0 Å². The zero-order valence-corrected chi connectivity index (χ0v) is 17.7. The molecule has 2 aromatic carbocycles. The number of halogens is 1. The van der Waals surface area contributed by atoms with Gasteiger partial charge < -0.3 is 9.80 Å². The van der Waals surface area contributed by atoms with Crippen molar-refractivity contribution in [2.24, 2.45) is 0 Å². The van der Waals surface area contributed by atoms with E-state index in [4.69, 9.17) is 21.6 Å². The van der Waals surface area contributed by atoms with Gasteiger partial charge in [0.25, 0.3) is 0 Å². The van der Waals surface area contributed by atoms with Gasteiger partial charge in [0, 0.05) is 47.3 Å². The number of rotatable bonds is 3. The van der Waals surface area contributed by atoms with Gasteiger partial charge in [0.15, 0.2) is 5.82 Å². The fourth-order valence-corrected chi connectivity index (χ4v) is 4.89. The molecular formula is C23H21ClN4S. The summed E-state index contributed by atoms with van der Waals surface area (Å²) in [5.74, 6) is 1.84. The summed E-state index contributed by atoms with van der Waals surface area (Å²) in [5.41, 5.74) is 2.24. The molecule has 4 aromatic rings. The van der Waals surface area contributed by atoms with Gasteiger partial charge in [-0.1, -0.05) is 48.0 Å². The number of thiophene rings is 1. The van der Waals surface area contributed by atoms with Crippen LogP contribution in [0.3, 0.4) is 0 Å². The number of nitrogens with zero attached hydrogens (tertiary/aromatic N) is 4. The molecule has 1 aliphatic rings. The fourth-order valence-electron chi connectivity index (χ4n) is 3.83. The van der Waals surface area contributed by atoms with Crippen LogP contribution in [0.4, 0.5) is 11.5 Å². The highest BCUT2D eigenvalue weighted by Gasteiger charge is 2.22. The zero-order chi connectivity index (χ0) is 19.8. The molecule has 0 unspecified atom stereocenters. The Kier molecular flexibility index (Phi) is 4.86. The quantitative estimate of drug-likeness (QED) is 0.429. The van der Waals surface area contributed by atoms with Crippen LogP contribution in [-0.4, -0.2) is 36.1 Å². The monoisotopic (exact) mass is 420 g/mol. The topological polar surface area (TPSA) is 32.3 Å². The zero-order valence-electron chi connectivity index (χ0n) is 16.2. The van der Waals surface area contributed by atoms with Crippen molar-refractivity contribution < 1.29 is 0 Å². The first-order chi connectivity index (χ1) is 14.2. The number of benzene rings is 2. The van der Waals surface area contributed by atoms with Crippen LogP contribution in [-0.2, 0) is 0 Å². The average Bonchev–Trinajstić information content (AvgIpc) is 3.14. The van der Waals surface area contributed by atoms with E-state index in [1.165, 1.54) is 10.6 Å². The molecule has 5 rings (SSSR count). The molecule has 1 aliphatic heterocycles. The molecule has 0 spiro atoms. The van der Waals surface area contributed by atoms with E-state index in [-0.39, 0.29) is 0 Å². The maximum Gasteiger partial charge on any atom is 0.163 e. The van der Waals surface area contributed by atoms with Crippen molar-refractivity contribution >= 4 is 44.7 Å². The van der Waals surface area contributed by atoms with Gasteiger partial charge in [-0.2, -0.15) is 0 Å². The summed E-state index contributed by atoms with van der Waals surface area (Å²) in [6, 6.07) is 20.5. The average molecular weight is 421 g/mol. The number of aryl methyl sites for hydroxylation is 1. The lowest BCUT2D eigenvalue weighted by molar-refractivity contribution is 0.649. The third-order valence-electron chi connectivity index (χ3n) is 5.28. The highest BCUT2D eigenvalue weighted by Crippen LogP contribution is 2.33. The number of hydrogen-bond acceptors (Lipinski definition) is 5. The molecule has 1 fully saturated rings. The summed E-state index contributed by atoms with van der Waals surface area (Å²) in [6.45, 7) is 5.85. The predicted molar refractivity (Wildman–Crippen MR) is 123 cm³/mol. The number of fused-ring (bicyclic) bond motifs is 1. The van der Waals surface area contributed by atoms with Crippen LogP contribution in [0, 0.1) is 6.92 Å². The highest BCUT2D eigenvalue weighted by molar-refractivity contribution is 7.18. The van der Waals surface area contributed by atoms with E-state index >= 15 is 0 Å². The first kappa shape index (κ1) is 18.4. The van der Waals surface area contributed by atoms with E-state index in [1.54, 1.807) is 11.3 Å². The largest absolute Gasteiger partial charge is 0.368 e. The summed E-state index contributed by atoms with van der Waals surface area (Å²) < 4.78 is 0. The van der Waals surface area contributed by atoms with Crippen LogP contribution in [0.15, 0.2) is 60.7 Å². The molecule has 0 saturated carbocycles. The smallest absolute Gasteiger partial charge is 0.163 e. The molecule has 3 heterocycles. The minimum atomic E-state index is 0.781. The van der Waals surface area contributed by atoms with E-state index in [0.717, 1.165) is 58.6 Å². The molecular weight excluding hydrogens is 400 g/mol. The third kappa shape index (κ3) is 3.68. The van der Waals surface area contributed by atoms with E-state index < -0.39 is 0 Å². The molecule has 4 nitrogen and oxygen atoms in total. The number of aromatic nitrogens is 2. The van der Waals surface area contributed by atoms with Crippen molar-refractivity contribution in [2.75, 3.05) is 36.0 Å². The van der Waals surface area contributed by atoms with Crippen LogP contribution in [0.2, 0.25) is 5.02 Å². The molecule has 0 radical (unpaired) electrons. The minimum Gasteiger partial charge on any atom is -0.368 e. The van der Waals surface area contributed by atoms with E-state index in [1.807, 2.05) is 36.4 Å². The summed E-state index contributed by atoms with van der Waals surface area (Å²) in [6.07, 6.45) is 0. The van der Waals surface area contributed by atoms with Crippen molar-refractivity contribution in [3.8, 4) is 11.4 Å². The summed E-state index contributed by atoms with van der Waals surface area (Å²) in [7, 11) is 0. The Labute approximate surface area is 179 Å². The van der Waals surface area contributed by atoms with Gasteiger partial charge >= 0.3 is 0 Å². The highest BCUT2D eigenvalue weighted by atomic mass is 35.5. The molecule has 0 amide bonds. The molecule has 146 valence electrons. The summed E-state index contributed by atoms with van der Waals surface area (Å²) in [5, 5.41) is 1.94. The molecule has 29 heavy (non-hydrogen) atoms. The Bertz CT molecular complexity index is 1150. The van der Waals surface area contributed by atoms with E-state index in [0.29, 0.717) is 0 Å². The molecule has 0 atom stereocenters. The van der Waals surface area contributed by atoms with Gasteiger partial charge in [0.2, 0.25) is 0 Å². The Morgan fingerprint density at radius 3 is 2.38 bits per heavy atom. The molecule has 2 aromatic heterocycles. The van der Waals surface area contributed by atoms with Crippen molar-refractivity contribution in [1.29, 1.82) is 0 Å². The molecule has 0 aliphatic carbocycles. The van der Waals surface area contributed by atoms with Crippen LogP contribution in [0.1, 0.15) is 4.88 Å². The maximum absolute atomic E-state index is 6.18. The van der Waals surface area contributed by atoms with Crippen LogP contribution in [0.5, 0.6) is 0 Å². The van der Waals surface area contributed by atoms with Crippen LogP contribution < -0.4 is 9.80 Å². The summed E-state index contributed by atoms with van der Waals surface area (Å²) in [4.78, 5) is 17.0. The van der Waals surface area contributed by atoms with Crippen molar-refractivity contribution in [3.05, 3.63) is 70.6 Å². The maximum atomic E-state index is 6.18. The second-order valence-electron chi connectivity index (χ2n) is 7.27. The minimum absolute atomic E-state index is 0.781. The fraction of sp³-hybridized carbons (Fsp3) is 0.217. The molecule has 0 N–H and O–H groups in total. The Morgan fingerprint density at radius 1 is 0.862 bits per heavy atom. The lowest BCUT2D eigenvalue weighted by Gasteiger charge is -2.37. The van der Waals surface area contributed by atoms with E-state index in [9.17, 15) is 0 Å². The standard InChI is InChI=1S/C23H21ClN4S/c1-16-14-20-22(25-21(26-23(20)29-16)17-6-3-2-4-7-17)28-12-10-27(11-13-28)19-9-5-8-18(24)15-19/h2-9,14-15H,10-13H2,1H3. The Morgan fingerprint density at radius 2 is 1.62 bits per heavy atom. The van der Waals surface area contributed by atoms with Gasteiger partial charge in [0.1, 0.15) is 10.6 Å². The molecule has 1 saturated heterocycles. The molecule has 6 heteroatoms.